The molecule has 0 rings (SSSR count). The summed E-state index contributed by atoms with van der Waals surface area (Å²) in [5.74, 6) is -2.40. The molecule has 3 N–H and O–H groups in total. The summed E-state index contributed by atoms with van der Waals surface area (Å²) in [5, 5.41) is 10.7. The van der Waals surface area contributed by atoms with E-state index >= 15 is 0 Å². The molecule has 0 aromatic carbocycles. The van der Waals surface area contributed by atoms with E-state index in [0.29, 0.717) is 38.5 Å². The number of allylic oxidation sites excluding steroid dienone is 28. The Morgan fingerprint density at radius 3 is 0.778 bits per heavy atom. The van der Waals surface area contributed by atoms with Crippen molar-refractivity contribution in [2.24, 2.45) is 0 Å². The zero-order chi connectivity index (χ0) is 78.9. The van der Waals surface area contributed by atoms with E-state index in [1.54, 1.807) is 0 Å². The van der Waals surface area contributed by atoms with Crippen LogP contribution >= 0.6 is 15.6 Å². The van der Waals surface area contributed by atoms with Crippen LogP contribution in [0, 0.1) is 0 Å². The fourth-order valence-electron chi connectivity index (χ4n) is 10.4. The minimum Gasteiger partial charge on any atom is -0.462 e. The van der Waals surface area contributed by atoms with Gasteiger partial charge in [-0.1, -0.05) is 301 Å². The Labute approximate surface area is 654 Å². The predicted octanol–water partition coefficient (Wildman–Crippen LogP) is 24.6. The van der Waals surface area contributed by atoms with Gasteiger partial charge in [0.05, 0.1) is 26.4 Å². The molecule has 108 heavy (non-hydrogen) atoms. The number of esters is 4. The van der Waals surface area contributed by atoms with Crippen LogP contribution in [0.2, 0.25) is 0 Å². The first-order valence-corrected chi connectivity index (χ1v) is 44.4. The number of hydrogen-bond donors (Lipinski definition) is 3. The van der Waals surface area contributed by atoms with Gasteiger partial charge < -0.3 is 33.8 Å². The van der Waals surface area contributed by atoms with Gasteiger partial charge in [0.15, 0.2) is 12.2 Å². The number of aliphatic hydroxyl groups is 1. The summed E-state index contributed by atoms with van der Waals surface area (Å²) in [5.41, 5.74) is 0. The molecule has 0 aliphatic carbocycles. The number of phosphoric ester groups is 2. The minimum absolute atomic E-state index is 0.0283. The van der Waals surface area contributed by atoms with Gasteiger partial charge in [0, 0.05) is 25.7 Å². The van der Waals surface area contributed by atoms with Crippen molar-refractivity contribution in [3.8, 4) is 0 Å². The van der Waals surface area contributed by atoms with Crippen LogP contribution in [0.25, 0.3) is 0 Å². The first kappa shape index (κ1) is 102. The Balaban J connectivity index is 5.51. The number of carbonyl (C=O) groups is 4. The van der Waals surface area contributed by atoms with Crippen molar-refractivity contribution >= 4 is 39.5 Å². The van der Waals surface area contributed by atoms with E-state index in [-0.39, 0.29) is 25.7 Å². The van der Waals surface area contributed by atoms with Crippen LogP contribution in [-0.4, -0.2) is 96.7 Å². The molecule has 0 fully saturated rings. The van der Waals surface area contributed by atoms with Gasteiger partial charge >= 0.3 is 39.5 Å². The van der Waals surface area contributed by atoms with E-state index in [9.17, 15) is 43.2 Å². The molecule has 0 heterocycles. The molecule has 19 heteroatoms. The third-order valence-electron chi connectivity index (χ3n) is 16.7. The Kier molecular flexibility index (Phi) is 75.4. The second kappa shape index (κ2) is 79.5. The number of carbonyl (C=O) groups excluding carboxylic acids is 4. The first-order chi connectivity index (χ1) is 52.7. The standard InChI is InChI=1S/C89H146O17P2/c1-5-9-13-17-21-25-29-33-37-39-41-43-47-49-53-57-61-65-69-73-86(91)99-79-84(105-88(93)75-71-67-63-59-55-51-45-35-31-27-23-19-15-11-7-3)81-103-107(95,96)101-77-83(90)78-102-108(97,98)104-82-85(106-89(94)76-72-68-64-60-56-52-46-36-32-28-24-20-16-12-8-4)80-100-87(92)74-70-66-62-58-54-50-48-44-42-40-38-34-30-26-22-18-14-10-6-2/h9-10,13-14,21-22,25-26,33-38,41-46,49-50,53-54,61-62,65-66,83-85,90H,5-8,11-12,15-20,23-24,27-32,39-40,47-48,51-52,55-60,63-64,67-82H2,1-4H3,(H,95,96)(H,97,98)/b13-9-,14-10-,25-21-,26-22-,37-33-,38-34-,43-41-,44-42-,45-35-,46-36-,53-49-,54-50-,65-61-,66-62-. The lowest BCUT2D eigenvalue weighted by Gasteiger charge is -2.21. The monoisotopic (exact) mass is 1550 g/mol. The fourth-order valence-corrected chi connectivity index (χ4v) is 12.0. The normalized spacial score (nSPS) is 14.7. The molecule has 0 aromatic heterocycles. The SMILES string of the molecule is CC/C=C\C/C=C\C/C=C\C/C=C\C/C=C\C/C=C\CCC(=O)OCC(COP(=O)(O)OCC(O)COP(=O)(O)OCC(COC(=O)CC/C=C\C/C=C\C/C=C\C/C=C\C/C=C\C/C=C\CC)OC(=O)CCCCCCC/C=C\CCCCCCCC)OC(=O)CCCCCCC/C=C\CCCCCCCC. The average molecular weight is 1550 g/mol. The number of rotatable bonds is 76. The van der Waals surface area contributed by atoms with E-state index in [2.05, 4.69) is 161 Å². The third-order valence-corrected chi connectivity index (χ3v) is 18.6. The van der Waals surface area contributed by atoms with E-state index in [0.717, 1.165) is 141 Å². The predicted molar refractivity (Wildman–Crippen MR) is 445 cm³/mol. The molecule has 0 aliphatic rings. The van der Waals surface area contributed by atoms with Gasteiger partial charge in [0.2, 0.25) is 0 Å². The highest BCUT2D eigenvalue weighted by molar-refractivity contribution is 7.47. The minimum atomic E-state index is -5.01. The number of ether oxygens (including phenoxy) is 4. The fraction of sp³-hybridized carbons (Fsp3) is 0.640. The molecular formula is C89H146O17P2. The maximum Gasteiger partial charge on any atom is 0.472 e. The smallest absolute Gasteiger partial charge is 0.462 e. The van der Waals surface area contributed by atoms with E-state index < -0.39 is 97.5 Å². The van der Waals surface area contributed by atoms with Crippen LogP contribution in [0.3, 0.4) is 0 Å². The third kappa shape index (κ3) is 78.5. The average Bonchev–Trinajstić information content (AvgIpc) is 0.923. The molecular weight excluding hydrogens is 1400 g/mol. The lowest BCUT2D eigenvalue weighted by molar-refractivity contribution is -0.161. The highest BCUT2D eigenvalue weighted by Gasteiger charge is 2.30. The van der Waals surface area contributed by atoms with Crippen LogP contribution in [0.4, 0.5) is 0 Å². The van der Waals surface area contributed by atoms with Gasteiger partial charge in [-0.2, -0.15) is 0 Å². The Bertz CT molecular complexity index is 2530. The van der Waals surface area contributed by atoms with Crippen molar-refractivity contribution in [2.45, 2.75) is 329 Å². The second-order valence-electron chi connectivity index (χ2n) is 26.9. The number of unbranched alkanes of at least 4 members (excludes halogenated alkanes) is 22. The zero-order valence-corrected chi connectivity index (χ0v) is 69.0. The summed E-state index contributed by atoms with van der Waals surface area (Å²) < 4.78 is 68.5. The van der Waals surface area contributed by atoms with Crippen molar-refractivity contribution in [1.82, 2.24) is 0 Å². The molecule has 4 atom stereocenters. The largest absolute Gasteiger partial charge is 0.472 e. The summed E-state index contributed by atoms with van der Waals surface area (Å²) in [6.45, 7) is 4.45. The Morgan fingerprint density at radius 2 is 0.500 bits per heavy atom. The van der Waals surface area contributed by atoms with Crippen molar-refractivity contribution < 1.29 is 80.2 Å². The van der Waals surface area contributed by atoms with E-state index in [4.69, 9.17) is 37.0 Å². The lowest BCUT2D eigenvalue weighted by atomic mass is 10.1. The van der Waals surface area contributed by atoms with Gasteiger partial charge in [0.25, 0.3) is 0 Å². The highest BCUT2D eigenvalue weighted by Crippen LogP contribution is 2.45. The van der Waals surface area contributed by atoms with Gasteiger partial charge in [-0.25, -0.2) is 9.13 Å². The van der Waals surface area contributed by atoms with Crippen molar-refractivity contribution in [3.63, 3.8) is 0 Å². The summed E-state index contributed by atoms with van der Waals surface area (Å²) in [4.78, 5) is 73.1. The van der Waals surface area contributed by atoms with Crippen molar-refractivity contribution in [1.29, 1.82) is 0 Å². The van der Waals surface area contributed by atoms with Gasteiger partial charge in [-0.3, -0.25) is 37.3 Å². The van der Waals surface area contributed by atoms with Crippen LogP contribution in [0.15, 0.2) is 170 Å². The van der Waals surface area contributed by atoms with Crippen LogP contribution < -0.4 is 0 Å². The Hall–Kier alpha value is -5.58. The van der Waals surface area contributed by atoms with E-state index in [1.165, 1.54) is 77.0 Å². The maximum atomic E-state index is 13.1. The highest BCUT2D eigenvalue weighted by atomic mass is 31.2. The molecule has 0 spiro atoms. The van der Waals surface area contributed by atoms with Gasteiger partial charge in [-0.05, 0) is 154 Å². The lowest BCUT2D eigenvalue weighted by Crippen LogP contribution is -2.30. The van der Waals surface area contributed by atoms with Crippen LogP contribution in [-0.2, 0) is 65.4 Å². The topological polar surface area (TPSA) is 237 Å². The van der Waals surface area contributed by atoms with Crippen LogP contribution in [0.1, 0.15) is 310 Å². The van der Waals surface area contributed by atoms with Gasteiger partial charge in [0.1, 0.15) is 19.3 Å². The molecule has 0 saturated heterocycles. The quantitative estimate of drug-likeness (QED) is 0.0169. The summed E-state index contributed by atoms with van der Waals surface area (Å²) in [7, 11) is -10.0. The summed E-state index contributed by atoms with van der Waals surface area (Å²) in [6.07, 6.45) is 95.0. The molecule has 0 aromatic rings. The number of hydrogen-bond acceptors (Lipinski definition) is 15. The maximum absolute atomic E-state index is 13.1. The molecule has 17 nitrogen and oxygen atoms in total. The van der Waals surface area contributed by atoms with E-state index in [1.807, 2.05) is 36.5 Å². The molecule has 0 bridgehead atoms. The van der Waals surface area contributed by atoms with Gasteiger partial charge in [-0.15, -0.1) is 0 Å². The first-order valence-electron chi connectivity index (χ1n) is 41.4. The zero-order valence-electron chi connectivity index (χ0n) is 67.2. The van der Waals surface area contributed by atoms with Crippen LogP contribution in [0.5, 0.6) is 0 Å². The molecule has 0 aliphatic heterocycles. The Morgan fingerprint density at radius 1 is 0.269 bits per heavy atom. The summed E-state index contributed by atoms with van der Waals surface area (Å²) in [6, 6.07) is 0. The molecule has 0 radical (unpaired) electrons. The van der Waals surface area contributed by atoms with Crippen molar-refractivity contribution in [3.05, 3.63) is 170 Å². The molecule has 4 unspecified atom stereocenters. The number of phosphoric acid groups is 2. The number of aliphatic hydroxyl groups excluding tert-OH is 1. The second-order valence-corrected chi connectivity index (χ2v) is 29.8. The molecule has 614 valence electrons. The summed E-state index contributed by atoms with van der Waals surface area (Å²) >= 11 is 0. The van der Waals surface area contributed by atoms with Crippen molar-refractivity contribution in [2.75, 3.05) is 39.6 Å². The molecule has 0 amide bonds. The molecule has 0 saturated carbocycles.